The van der Waals surface area contributed by atoms with Crippen LogP contribution in [0.2, 0.25) is 0 Å². The lowest BCUT2D eigenvalue weighted by atomic mass is 10.0. The number of amides is 2. The number of urea groups is 1. The minimum atomic E-state index is -3.15. The average Bonchev–Trinajstić information content (AvgIpc) is 2.98. The summed E-state index contributed by atoms with van der Waals surface area (Å²) in [6.07, 6.45) is 1.64. The predicted octanol–water partition coefficient (Wildman–Crippen LogP) is 4.49. The van der Waals surface area contributed by atoms with Crippen molar-refractivity contribution in [1.29, 1.82) is 0 Å². The number of furan rings is 1. The highest BCUT2D eigenvalue weighted by Crippen LogP contribution is 2.35. The highest BCUT2D eigenvalue weighted by molar-refractivity contribution is 5.90. The topological polar surface area (TPSA) is 57.5 Å². The fourth-order valence-corrected chi connectivity index (χ4v) is 3.35. The second-order valence-corrected chi connectivity index (χ2v) is 7.12. The van der Waals surface area contributed by atoms with Gasteiger partial charge in [0.05, 0.1) is 5.69 Å². The Morgan fingerprint density at radius 1 is 1.26 bits per heavy atom. The number of benzene rings is 1. The van der Waals surface area contributed by atoms with Gasteiger partial charge in [-0.05, 0) is 25.3 Å². The van der Waals surface area contributed by atoms with E-state index in [1.807, 2.05) is 18.2 Å². The molecule has 0 bridgehead atoms. The normalized spacial score (nSPS) is 16.3. The number of aryl methyl sites for hydroxylation is 1. The molecular formula is C20H25F2N3O2. The molecule has 0 atom stereocenters. The van der Waals surface area contributed by atoms with E-state index in [0.717, 1.165) is 39.4 Å². The summed E-state index contributed by atoms with van der Waals surface area (Å²) in [5, 5.41) is 5.38. The molecule has 1 aliphatic heterocycles. The van der Waals surface area contributed by atoms with Gasteiger partial charge in [0.15, 0.2) is 5.76 Å². The van der Waals surface area contributed by atoms with Crippen molar-refractivity contribution in [3.05, 3.63) is 53.5 Å². The van der Waals surface area contributed by atoms with Crippen LogP contribution in [0.15, 0.2) is 40.8 Å². The molecule has 2 heterocycles. The second-order valence-electron chi connectivity index (χ2n) is 7.12. The molecule has 2 aromatic rings. The number of rotatable bonds is 5. The van der Waals surface area contributed by atoms with Crippen molar-refractivity contribution in [2.75, 3.05) is 18.4 Å². The van der Waals surface area contributed by atoms with Crippen molar-refractivity contribution in [3.63, 3.8) is 0 Å². The molecule has 0 radical (unpaired) electrons. The summed E-state index contributed by atoms with van der Waals surface area (Å²) in [5.74, 6) is -3.34. The zero-order chi connectivity index (χ0) is 19.4. The number of piperidine rings is 1. The second kappa shape index (κ2) is 8.08. The summed E-state index contributed by atoms with van der Waals surface area (Å²) in [7, 11) is 0. The van der Waals surface area contributed by atoms with Gasteiger partial charge < -0.3 is 15.1 Å². The molecule has 0 spiro atoms. The highest BCUT2D eigenvalue weighted by Gasteiger charge is 2.33. The summed E-state index contributed by atoms with van der Waals surface area (Å²) in [4.78, 5) is 14.6. The monoisotopic (exact) mass is 377 g/mol. The predicted molar refractivity (Wildman–Crippen MR) is 99.9 cm³/mol. The van der Waals surface area contributed by atoms with Gasteiger partial charge in [-0.3, -0.25) is 4.90 Å². The van der Waals surface area contributed by atoms with Gasteiger partial charge in [0.25, 0.3) is 0 Å². The summed E-state index contributed by atoms with van der Waals surface area (Å²) in [6, 6.07) is 11.2. The minimum Gasteiger partial charge on any atom is -0.458 e. The quantitative estimate of drug-likeness (QED) is 0.807. The van der Waals surface area contributed by atoms with E-state index in [0.29, 0.717) is 5.76 Å². The molecule has 1 aromatic carbocycles. The molecular weight excluding hydrogens is 352 g/mol. The Labute approximate surface area is 157 Å². The molecule has 146 valence electrons. The Balaban J connectivity index is 1.49. The van der Waals surface area contributed by atoms with Gasteiger partial charge in [0.1, 0.15) is 5.76 Å². The Bertz CT molecular complexity index is 763. The van der Waals surface area contributed by atoms with Crippen LogP contribution >= 0.6 is 0 Å². The van der Waals surface area contributed by atoms with Gasteiger partial charge in [-0.15, -0.1) is 0 Å². The van der Waals surface area contributed by atoms with Gasteiger partial charge in [-0.1, -0.05) is 30.3 Å². The van der Waals surface area contributed by atoms with Crippen molar-refractivity contribution in [3.8, 4) is 0 Å². The molecule has 27 heavy (non-hydrogen) atoms. The maximum absolute atomic E-state index is 13.6. The fraction of sp³-hybridized carbons (Fsp3) is 0.450. The van der Waals surface area contributed by atoms with E-state index in [1.165, 1.54) is 11.6 Å². The number of alkyl halides is 2. The Morgan fingerprint density at radius 2 is 1.93 bits per heavy atom. The smallest absolute Gasteiger partial charge is 0.319 e. The Morgan fingerprint density at radius 3 is 2.56 bits per heavy atom. The van der Waals surface area contributed by atoms with E-state index in [4.69, 9.17) is 4.42 Å². The molecule has 3 rings (SSSR count). The minimum absolute atomic E-state index is 0.0130. The van der Waals surface area contributed by atoms with E-state index in [9.17, 15) is 13.6 Å². The molecule has 5 nitrogen and oxygen atoms in total. The number of nitrogens with zero attached hydrogens (tertiary/aromatic N) is 1. The van der Waals surface area contributed by atoms with Crippen molar-refractivity contribution < 1.29 is 18.0 Å². The van der Waals surface area contributed by atoms with E-state index in [-0.39, 0.29) is 11.7 Å². The maximum Gasteiger partial charge on any atom is 0.319 e. The summed E-state index contributed by atoms with van der Waals surface area (Å²) >= 11 is 0. The maximum atomic E-state index is 13.6. The third-order valence-corrected chi connectivity index (χ3v) is 4.67. The van der Waals surface area contributed by atoms with Gasteiger partial charge in [0.2, 0.25) is 0 Å². The molecule has 0 aliphatic carbocycles. The number of hydrogen-bond acceptors (Lipinski definition) is 3. The van der Waals surface area contributed by atoms with Crippen LogP contribution in [0.5, 0.6) is 0 Å². The van der Waals surface area contributed by atoms with Gasteiger partial charge in [0, 0.05) is 38.7 Å². The number of anilines is 1. The number of likely N-dealkylation sites (tertiary alicyclic amines) is 1. The zero-order valence-corrected chi connectivity index (χ0v) is 15.6. The van der Waals surface area contributed by atoms with Crippen LogP contribution in [0, 0.1) is 6.92 Å². The summed E-state index contributed by atoms with van der Waals surface area (Å²) in [5.41, 5.74) is 1.28. The first kappa shape index (κ1) is 19.4. The Hall–Kier alpha value is -2.41. The van der Waals surface area contributed by atoms with Crippen molar-refractivity contribution in [1.82, 2.24) is 10.2 Å². The lowest BCUT2D eigenvalue weighted by Crippen LogP contribution is -2.45. The number of nitrogens with one attached hydrogen (secondary N) is 2. The molecule has 1 fully saturated rings. The van der Waals surface area contributed by atoms with Crippen LogP contribution in [0.3, 0.4) is 0 Å². The molecule has 2 N–H and O–H groups in total. The van der Waals surface area contributed by atoms with Crippen LogP contribution in [-0.2, 0) is 12.5 Å². The number of carbonyl (C=O) groups excluding carboxylic acids is 1. The molecule has 7 heteroatoms. The third-order valence-electron chi connectivity index (χ3n) is 4.67. The van der Waals surface area contributed by atoms with Gasteiger partial charge in [-0.2, -0.15) is 8.78 Å². The van der Waals surface area contributed by atoms with Crippen molar-refractivity contribution in [2.45, 2.75) is 45.2 Å². The SMILES string of the molecule is Cc1cc(NC(=O)NC2CCN(Cc3ccccc3)CC2)c(C(C)(F)F)o1. The van der Waals surface area contributed by atoms with Crippen LogP contribution < -0.4 is 10.6 Å². The number of halogens is 2. The van der Waals surface area contributed by atoms with Crippen LogP contribution in [-0.4, -0.2) is 30.1 Å². The van der Waals surface area contributed by atoms with E-state index in [2.05, 4.69) is 27.7 Å². The first-order valence-corrected chi connectivity index (χ1v) is 9.14. The first-order valence-electron chi connectivity index (χ1n) is 9.14. The molecule has 1 saturated heterocycles. The fourth-order valence-electron chi connectivity index (χ4n) is 3.35. The molecule has 0 saturated carbocycles. The third kappa shape index (κ3) is 5.29. The van der Waals surface area contributed by atoms with E-state index >= 15 is 0 Å². The standard InChI is InChI=1S/C20H25F2N3O2/c1-14-12-17(18(27-14)20(2,21)22)24-19(26)23-16-8-10-25(11-9-16)13-15-6-4-3-5-7-15/h3-7,12,16H,8-11,13H2,1-2H3,(H2,23,24,26). The molecule has 1 aromatic heterocycles. The lowest BCUT2D eigenvalue weighted by Gasteiger charge is -2.32. The summed E-state index contributed by atoms with van der Waals surface area (Å²) in [6.45, 7) is 4.96. The largest absolute Gasteiger partial charge is 0.458 e. The number of carbonyl (C=O) groups is 1. The van der Waals surface area contributed by atoms with Crippen molar-refractivity contribution >= 4 is 11.7 Å². The average molecular weight is 377 g/mol. The Kier molecular flexibility index (Phi) is 5.79. The van der Waals surface area contributed by atoms with Crippen LogP contribution in [0.25, 0.3) is 0 Å². The van der Waals surface area contributed by atoms with Gasteiger partial charge >= 0.3 is 12.0 Å². The number of hydrogen-bond donors (Lipinski definition) is 2. The molecule has 2 amide bonds. The van der Waals surface area contributed by atoms with Crippen molar-refractivity contribution in [2.24, 2.45) is 0 Å². The summed E-state index contributed by atoms with van der Waals surface area (Å²) < 4.78 is 32.2. The highest BCUT2D eigenvalue weighted by atomic mass is 19.3. The lowest BCUT2D eigenvalue weighted by molar-refractivity contribution is -0.00502. The molecule has 1 aliphatic rings. The zero-order valence-electron chi connectivity index (χ0n) is 15.6. The van der Waals surface area contributed by atoms with E-state index < -0.39 is 17.7 Å². The van der Waals surface area contributed by atoms with Crippen LogP contribution in [0.1, 0.15) is 36.8 Å². The van der Waals surface area contributed by atoms with Crippen LogP contribution in [0.4, 0.5) is 19.3 Å². The first-order chi connectivity index (χ1) is 12.8. The van der Waals surface area contributed by atoms with E-state index in [1.54, 1.807) is 6.92 Å². The van der Waals surface area contributed by atoms with Gasteiger partial charge in [-0.25, -0.2) is 4.79 Å². The molecule has 0 unspecified atom stereocenters.